The molecule has 9 heteroatoms. The van der Waals surface area contributed by atoms with E-state index in [2.05, 4.69) is 54.3 Å². The van der Waals surface area contributed by atoms with Gasteiger partial charge in [0, 0.05) is 18.2 Å². The Labute approximate surface area is 239 Å². The van der Waals surface area contributed by atoms with Crippen molar-refractivity contribution in [2.45, 2.75) is 72.4 Å². The third-order valence-electron chi connectivity index (χ3n) is 7.15. The topological polar surface area (TPSA) is 71.3 Å². The van der Waals surface area contributed by atoms with Gasteiger partial charge in [-0.1, -0.05) is 36.4 Å². The maximum atomic E-state index is 13.7. The lowest BCUT2D eigenvalue weighted by molar-refractivity contribution is 0.0946. The number of hydrogen-bond donors (Lipinski definition) is 2. The van der Waals surface area contributed by atoms with E-state index in [1.165, 1.54) is 17.2 Å². The number of nitrogens with zero attached hydrogens (tertiary/aromatic N) is 3. The van der Waals surface area contributed by atoms with Gasteiger partial charge >= 0.3 is 0 Å². The number of aromatic nitrogens is 3. The molecule has 218 valence electrons. The first-order valence-corrected chi connectivity index (χ1v) is 13.5. The molecular weight excluding hydrogens is 527 g/mol. The average Bonchev–Trinajstić information content (AvgIpc) is 3.31. The van der Waals surface area contributed by atoms with Crippen molar-refractivity contribution in [1.29, 1.82) is 0 Å². The quantitative estimate of drug-likeness (QED) is 0.156. The Morgan fingerprint density at radius 1 is 1.17 bits per heavy atom. The summed E-state index contributed by atoms with van der Waals surface area (Å²) in [5.74, 6) is -1.50. The maximum Gasteiger partial charge on any atom is 0.270 e. The number of amides is 1. The van der Waals surface area contributed by atoms with Crippen LogP contribution in [0.2, 0.25) is 0 Å². The molecule has 1 unspecified atom stereocenters. The van der Waals surface area contributed by atoms with E-state index in [1.807, 2.05) is 19.9 Å². The van der Waals surface area contributed by atoms with Crippen molar-refractivity contribution in [3.63, 3.8) is 0 Å². The van der Waals surface area contributed by atoms with Gasteiger partial charge in [0.05, 0.1) is 23.2 Å². The molecule has 0 radical (unpaired) electrons. The molecular formula is C32H38F3N5O. The van der Waals surface area contributed by atoms with Gasteiger partial charge < -0.3 is 10.6 Å². The van der Waals surface area contributed by atoms with Crippen LogP contribution in [0, 0.1) is 12.7 Å². The zero-order valence-corrected chi connectivity index (χ0v) is 24.2. The maximum absolute atomic E-state index is 13.7. The number of fused-ring (bicyclic) bond motifs is 1. The molecule has 1 atom stereocenters. The molecule has 2 N–H and O–H groups in total. The minimum absolute atomic E-state index is 0.0672. The molecule has 0 saturated heterocycles. The van der Waals surface area contributed by atoms with E-state index >= 15 is 0 Å². The monoisotopic (exact) mass is 565 g/mol. The number of carbonyl (C=O) groups is 1. The van der Waals surface area contributed by atoms with E-state index in [-0.39, 0.29) is 18.3 Å². The number of rotatable bonds is 14. The van der Waals surface area contributed by atoms with Crippen LogP contribution < -0.4 is 10.6 Å². The van der Waals surface area contributed by atoms with Crippen molar-refractivity contribution in [2.75, 3.05) is 0 Å². The van der Waals surface area contributed by atoms with E-state index < -0.39 is 23.7 Å². The zero-order chi connectivity index (χ0) is 30.3. The third kappa shape index (κ3) is 7.96. The number of hydrogen-bond acceptors (Lipinski definition) is 4. The number of allylic oxidation sites excluding steroid dienone is 3. The number of alkyl halides is 2. The fraction of sp³-hybridized carbons (Fsp3) is 0.344. The number of aryl methyl sites for hydroxylation is 1. The second-order valence-electron chi connectivity index (χ2n) is 10.4. The van der Waals surface area contributed by atoms with Crippen LogP contribution >= 0.6 is 0 Å². The van der Waals surface area contributed by atoms with Gasteiger partial charge in [0.1, 0.15) is 11.5 Å². The van der Waals surface area contributed by atoms with Crippen LogP contribution in [-0.2, 0) is 6.54 Å². The molecule has 0 saturated carbocycles. The van der Waals surface area contributed by atoms with Crippen molar-refractivity contribution in [1.82, 2.24) is 25.2 Å². The molecule has 0 bridgehead atoms. The molecule has 0 aliphatic heterocycles. The van der Waals surface area contributed by atoms with Gasteiger partial charge in [-0.15, -0.1) is 6.58 Å². The van der Waals surface area contributed by atoms with Crippen LogP contribution in [-0.4, -0.2) is 26.5 Å². The molecule has 2 aromatic heterocycles. The Morgan fingerprint density at radius 2 is 1.90 bits per heavy atom. The van der Waals surface area contributed by atoms with E-state index in [1.54, 1.807) is 16.8 Å². The lowest BCUT2D eigenvalue weighted by Gasteiger charge is -2.21. The summed E-state index contributed by atoms with van der Waals surface area (Å²) in [7, 11) is 0. The molecule has 0 fully saturated rings. The van der Waals surface area contributed by atoms with Crippen LogP contribution in [0.15, 0.2) is 73.0 Å². The first-order chi connectivity index (χ1) is 19.4. The highest BCUT2D eigenvalue weighted by Crippen LogP contribution is 2.24. The highest BCUT2D eigenvalue weighted by molar-refractivity contribution is 5.93. The molecule has 0 spiro atoms. The molecule has 0 aliphatic carbocycles. The minimum Gasteiger partial charge on any atom is -0.381 e. The highest BCUT2D eigenvalue weighted by atomic mass is 19.3. The van der Waals surface area contributed by atoms with Gasteiger partial charge in [0.25, 0.3) is 12.3 Å². The molecule has 0 aliphatic rings. The molecule has 2 heterocycles. The van der Waals surface area contributed by atoms with E-state index in [9.17, 15) is 18.0 Å². The second-order valence-corrected chi connectivity index (χ2v) is 10.4. The molecule has 3 aromatic rings. The predicted octanol–water partition coefficient (Wildman–Crippen LogP) is 7.63. The van der Waals surface area contributed by atoms with Crippen molar-refractivity contribution < 1.29 is 18.0 Å². The number of carbonyl (C=O) groups excluding carboxylic acids is 1. The first-order valence-electron chi connectivity index (χ1n) is 13.5. The van der Waals surface area contributed by atoms with Crippen LogP contribution in [0.25, 0.3) is 11.3 Å². The largest absolute Gasteiger partial charge is 0.381 e. The van der Waals surface area contributed by atoms with Gasteiger partial charge in [-0.05, 0) is 82.7 Å². The Bertz CT molecular complexity index is 1490. The van der Waals surface area contributed by atoms with E-state index in [4.69, 9.17) is 0 Å². The fourth-order valence-electron chi connectivity index (χ4n) is 4.48. The Morgan fingerprint density at radius 3 is 2.56 bits per heavy atom. The Hall–Kier alpha value is -4.14. The van der Waals surface area contributed by atoms with Crippen molar-refractivity contribution in [3.8, 4) is 0 Å². The minimum atomic E-state index is -2.95. The van der Waals surface area contributed by atoms with E-state index in [0.29, 0.717) is 22.6 Å². The smallest absolute Gasteiger partial charge is 0.270 e. The summed E-state index contributed by atoms with van der Waals surface area (Å²) in [6.45, 7) is 20.2. The summed E-state index contributed by atoms with van der Waals surface area (Å²) in [5, 5.41) is 10.6. The lowest BCUT2D eigenvalue weighted by atomic mass is 9.98. The van der Waals surface area contributed by atoms with Gasteiger partial charge in [0.2, 0.25) is 0 Å². The van der Waals surface area contributed by atoms with Gasteiger partial charge in [-0.25, -0.2) is 22.7 Å². The van der Waals surface area contributed by atoms with E-state index in [0.717, 1.165) is 49.0 Å². The van der Waals surface area contributed by atoms with Crippen molar-refractivity contribution in [2.24, 2.45) is 0 Å². The van der Waals surface area contributed by atoms with Gasteiger partial charge in [-0.2, -0.15) is 5.10 Å². The lowest BCUT2D eigenvalue weighted by Crippen LogP contribution is -2.29. The Balaban J connectivity index is 1.79. The highest BCUT2D eigenvalue weighted by Gasteiger charge is 2.19. The summed E-state index contributed by atoms with van der Waals surface area (Å²) < 4.78 is 41.4. The number of benzene rings is 1. The molecule has 41 heavy (non-hydrogen) atoms. The fourth-order valence-corrected chi connectivity index (χ4v) is 4.48. The SMILES string of the molecule is C=CCC(CCC/C(C)=C(\C)C(=C)C)NC(=C)c1cc(C(=O)NCc2ccc(F)c(C(F)F)c2)nc2c(C)cnn12. The number of halogens is 3. The van der Waals surface area contributed by atoms with Gasteiger partial charge in [-0.3, -0.25) is 4.79 Å². The van der Waals surface area contributed by atoms with Crippen LogP contribution in [0.5, 0.6) is 0 Å². The standard InChI is InChI=1S/C32H38F3N5O/c1-8-10-25(12-9-11-20(4)22(6)19(2)3)38-23(7)29-16-28(39-31-21(5)17-37-40(29)31)32(41)36-18-24-13-14-27(33)26(15-24)30(34)35/h8,13-17,25,30,38H,1-2,7,9-12,18H2,3-6H3,(H,36,41)/b22-20+. The second kappa shape index (κ2) is 14.0. The van der Waals surface area contributed by atoms with Crippen LogP contribution in [0.3, 0.4) is 0 Å². The summed E-state index contributed by atoms with van der Waals surface area (Å²) in [6, 6.07) is 5.03. The Kier molecular flexibility index (Phi) is 10.7. The van der Waals surface area contributed by atoms with Crippen molar-refractivity contribution in [3.05, 3.63) is 107 Å². The predicted molar refractivity (Wildman–Crippen MR) is 158 cm³/mol. The summed E-state index contributed by atoms with van der Waals surface area (Å²) in [6.07, 6.45) is 4.09. The molecule has 1 amide bonds. The van der Waals surface area contributed by atoms with Crippen LogP contribution in [0.1, 0.15) is 85.8 Å². The van der Waals surface area contributed by atoms with Crippen molar-refractivity contribution >= 4 is 17.3 Å². The molecule has 3 rings (SSSR count). The third-order valence-corrected chi connectivity index (χ3v) is 7.15. The zero-order valence-electron chi connectivity index (χ0n) is 24.2. The first kappa shape index (κ1) is 31.4. The average molecular weight is 566 g/mol. The van der Waals surface area contributed by atoms with Gasteiger partial charge in [0.15, 0.2) is 5.65 Å². The summed E-state index contributed by atoms with van der Waals surface area (Å²) in [5.41, 5.74) is 5.79. The summed E-state index contributed by atoms with van der Waals surface area (Å²) >= 11 is 0. The summed E-state index contributed by atoms with van der Waals surface area (Å²) in [4.78, 5) is 17.6. The van der Waals surface area contributed by atoms with Crippen LogP contribution in [0.4, 0.5) is 13.2 Å². The molecule has 1 aromatic carbocycles. The molecule has 6 nitrogen and oxygen atoms in total. The normalized spacial score (nSPS) is 12.7. The number of nitrogens with one attached hydrogen (secondary N) is 2.